The first-order valence-electron chi connectivity index (χ1n) is 5.66. The number of hydrogen-bond acceptors (Lipinski definition) is 3. The molecule has 3 nitrogen and oxygen atoms in total. The van der Waals surface area contributed by atoms with E-state index in [-0.39, 0.29) is 22.4 Å². The highest BCUT2D eigenvalue weighted by atomic mass is 19.4. The van der Waals surface area contributed by atoms with E-state index in [1.165, 1.54) is 24.3 Å². The van der Waals surface area contributed by atoms with Crippen LogP contribution in [0, 0.1) is 17.1 Å². The quantitative estimate of drug-likeness (QED) is 0.676. The van der Waals surface area contributed by atoms with Crippen molar-refractivity contribution in [2.45, 2.75) is 6.36 Å². The second kappa shape index (κ2) is 5.32. The number of anilines is 1. The maximum absolute atomic E-state index is 14.0. The number of halogens is 4. The molecule has 0 fully saturated rings. The van der Waals surface area contributed by atoms with E-state index in [9.17, 15) is 17.6 Å². The van der Waals surface area contributed by atoms with Crippen molar-refractivity contribution in [3.05, 3.63) is 47.8 Å². The molecular weight excluding hydrogens is 288 g/mol. The predicted molar refractivity (Wildman–Crippen MR) is 67.6 cm³/mol. The lowest BCUT2D eigenvalue weighted by Crippen LogP contribution is -2.17. The van der Waals surface area contributed by atoms with Crippen LogP contribution in [0.4, 0.5) is 23.2 Å². The number of alkyl halides is 3. The Kier molecular flexibility index (Phi) is 3.72. The fourth-order valence-electron chi connectivity index (χ4n) is 1.88. The van der Waals surface area contributed by atoms with Crippen molar-refractivity contribution >= 4 is 5.69 Å². The van der Waals surface area contributed by atoms with E-state index in [2.05, 4.69) is 4.74 Å². The van der Waals surface area contributed by atoms with Crippen LogP contribution in [-0.4, -0.2) is 6.36 Å². The van der Waals surface area contributed by atoms with Gasteiger partial charge in [-0.2, -0.15) is 5.26 Å². The van der Waals surface area contributed by atoms with Gasteiger partial charge in [0, 0.05) is 16.8 Å². The standard InChI is InChI=1S/C14H8F4N2O/c15-11-6-9(20)5-8(7-19)13(11)10-3-1-2-4-12(10)21-14(16,17)18/h1-6H,20H2. The van der Waals surface area contributed by atoms with Crippen LogP contribution in [0.15, 0.2) is 36.4 Å². The smallest absolute Gasteiger partial charge is 0.405 e. The number of para-hydroxylation sites is 1. The van der Waals surface area contributed by atoms with Gasteiger partial charge in [-0.1, -0.05) is 18.2 Å². The molecule has 0 unspecified atom stereocenters. The SMILES string of the molecule is N#Cc1cc(N)cc(F)c1-c1ccccc1OC(F)(F)F. The molecule has 0 aromatic heterocycles. The fourth-order valence-corrected chi connectivity index (χ4v) is 1.88. The van der Waals surface area contributed by atoms with Crippen molar-refractivity contribution in [1.29, 1.82) is 5.26 Å². The molecule has 0 amide bonds. The Hall–Kier alpha value is -2.75. The van der Waals surface area contributed by atoms with Gasteiger partial charge in [0.05, 0.1) is 11.6 Å². The number of nitrogens with two attached hydrogens (primary N) is 1. The van der Waals surface area contributed by atoms with Gasteiger partial charge >= 0.3 is 6.36 Å². The van der Waals surface area contributed by atoms with Crippen molar-refractivity contribution < 1.29 is 22.3 Å². The molecule has 0 aliphatic rings. The van der Waals surface area contributed by atoms with Crippen molar-refractivity contribution in [2.75, 3.05) is 5.73 Å². The highest BCUT2D eigenvalue weighted by Gasteiger charge is 2.32. The Morgan fingerprint density at radius 1 is 1.14 bits per heavy atom. The molecule has 0 radical (unpaired) electrons. The molecule has 108 valence electrons. The Morgan fingerprint density at radius 3 is 2.43 bits per heavy atom. The van der Waals surface area contributed by atoms with Crippen LogP contribution in [0.1, 0.15) is 5.56 Å². The average Bonchev–Trinajstić information content (AvgIpc) is 2.37. The molecule has 2 N–H and O–H groups in total. The maximum Gasteiger partial charge on any atom is 0.573 e. The number of nitrogen functional groups attached to an aromatic ring is 1. The summed E-state index contributed by atoms with van der Waals surface area (Å²) >= 11 is 0. The third-order valence-corrected chi connectivity index (χ3v) is 2.62. The van der Waals surface area contributed by atoms with E-state index in [0.717, 1.165) is 12.1 Å². The summed E-state index contributed by atoms with van der Waals surface area (Å²) < 4.78 is 55.0. The number of nitriles is 1. The highest BCUT2D eigenvalue weighted by molar-refractivity contribution is 5.78. The maximum atomic E-state index is 14.0. The molecule has 7 heteroatoms. The van der Waals surface area contributed by atoms with Crippen LogP contribution < -0.4 is 10.5 Å². The van der Waals surface area contributed by atoms with Gasteiger partial charge in [-0.05, 0) is 18.2 Å². The topological polar surface area (TPSA) is 59.0 Å². The van der Waals surface area contributed by atoms with Crippen LogP contribution in [-0.2, 0) is 0 Å². The summed E-state index contributed by atoms with van der Waals surface area (Å²) in [6.45, 7) is 0. The predicted octanol–water partition coefficient (Wildman–Crippen LogP) is 3.85. The number of nitrogens with zero attached hydrogens (tertiary/aromatic N) is 1. The summed E-state index contributed by atoms with van der Waals surface area (Å²) in [5.41, 5.74) is 4.78. The van der Waals surface area contributed by atoms with Gasteiger partial charge in [0.2, 0.25) is 0 Å². The molecule has 0 atom stereocenters. The largest absolute Gasteiger partial charge is 0.573 e. The molecule has 0 saturated heterocycles. The van der Waals surface area contributed by atoms with E-state index in [4.69, 9.17) is 11.0 Å². The van der Waals surface area contributed by atoms with E-state index in [1.807, 2.05) is 0 Å². The molecule has 0 spiro atoms. The Balaban J connectivity index is 2.66. The average molecular weight is 296 g/mol. The van der Waals surface area contributed by atoms with Gasteiger partial charge in [0.15, 0.2) is 0 Å². The molecule has 2 rings (SSSR count). The monoisotopic (exact) mass is 296 g/mol. The second-order valence-electron chi connectivity index (χ2n) is 4.08. The minimum absolute atomic E-state index is 0.00187. The zero-order valence-electron chi connectivity index (χ0n) is 10.4. The summed E-state index contributed by atoms with van der Waals surface area (Å²) in [6, 6.07) is 8.82. The minimum atomic E-state index is -4.92. The van der Waals surface area contributed by atoms with Crippen molar-refractivity contribution in [1.82, 2.24) is 0 Å². The lowest BCUT2D eigenvalue weighted by atomic mass is 9.98. The number of hydrogen-bond donors (Lipinski definition) is 1. The lowest BCUT2D eigenvalue weighted by molar-refractivity contribution is -0.274. The Labute approximate surface area is 117 Å². The molecule has 21 heavy (non-hydrogen) atoms. The number of benzene rings is 2. The summed E-state index contributed by atoms with van der Waals surface area (Å²) in [4.78, 5) is 0. The molecule has 2 aromatic rings. The van der Waals surface area contributed by atoms with Crippen LogP contribution >= 0.6 is 0 Å². The van der Waals surface area contributed by atoms with E-state index < -0.39 is 17.9 Å². The Bertz CT molecular complexity index is 720. The van der Waals surface area contributed by atoms with Crippen LogP contribution in [0.3, 0.4) is 0 Å². The van der Waals surface area contributed by atoms with E-state index in [0.29, 0.717) is 0 Å². The molecule has 0 bridgehead atoms. The van der Waals surface area contributed by atoms with Crippen LogP contribution in [0.2, 0.25) is 0 Å². The summed E-state index contributed by atoms with van der Waals surface area (Å²) in [6.07, 6.45) is -4.92. The first kappa shape index (κ1) is 14.7. The van der Waals surface area contributed by atoms with Gasteiger partial charge < -0.3 is 10.5 Å². The first-order chi connectivity index (χ1) is 9.81. The zero-order valence-corrected chi connectivity index (χ0v) is 10.4. The van der Waals surface area contributed by atoms with Gasteiger partial charge in [-0.15, -0.1) is 13.2 Å². The number of ether oxygens (including phenoxy) is 1. The van der Waals surface area contributed by atoms with Crippen molar-refractivity contribution in [3.8, 4) is 22.9 Å². The highest BCUT2D eigenvalue weighted by Crippen LogP contribution is 2.37. The normalized spacial score (nSPS) is 11.0. The third kappa shape index (κ3) is 3.23. The van der Waals surface area contributed by atoms with Gasteiger partial charge in [0.25, 0.3) is 0 Å². The first-order valence-corrected chi connectivity index (χ1v) is 5.66. The summed E-state index contributed by atoms with van der Waals surface area (Å²) in [7, 11) is 0. The van der Waals surface area contributed by atoms with Gasteiger partial charge in [-0.25, -0.2) is 4.39 Å². The van der Waals surface area contributed by atoms with Gasteiger partial charge in [-0.3, -0.25) is 0 Å². The third-order valence-electron chi connectivity index (χ3n) is 2.62. The fraction of sp³-hybridized carbons (Fsp3) is 0.0714. The zero-order chi connectivity index (χ0) is 15.6. The molecular formula is C14H8F4N2O. The van der Waals surface area contributed by atoms with Crippen LogP contribution in [0.25, 0.3) is 11.1 Å². The summed E-state index contributed by atoms with van der Waals surface area (Å²) in [5.74, 6) is -1.49. The molecule has 0 heterocycles. The van der Waals surface area contributed by atoms with Crippen LogP contribution in [0.5, 0.6) is 5.75 Å². The minimum Gasteiger partial charge on any atom is -0.405 e. The summed E-state index contributed by atoms with van der Waals surface area (Å²) in [5, 5.41) is 9.02. The molecule has 0 saturated carbocycles. The van der Waals surface area contributed by atoms with Crippen molar-refractivity contribution in [2.24, 2.45) is 0 Å². The van der Waals surface area contributed by atoms with E-state index >= 15 is 0 Å². The molecule has 0 aliphatic heterocycles. The van der Waals surface area contributed by atoms with Crippen molar-refractivity contribution in [3.63, 3.8) is 0 Å². The molecule has 2 aromatic carbocycles. The lowest BCUT2D eigenvalue weighted by Gasteiger charge is -2.14. The molecule has 0 aliphatic carbocycles. The Morgan fingerprint density at radius 2 is 1.81 bits per heavy atom. The second-order valence-corrected chi connectivity index (χ2v) is 4.08. The van der Waals surface area contributed by atoms with E-state index in [1.54, 1.807) is 6.07 Å². The number of rotatable bonds is 2. The van der Waals surface area contributed by atoms with Gasteiger partial charge in [0.1, 0.15) is 11.6 Å².